The fraction of sp³-hybridized carbons (Fsp3) is 0.261. The van der Waals surface area contributed by atoms with Gasteiger partial charge in [-0.15, -0.1) is 0 Å². The predicted octanol–water partition coefficient (Wildman–Crippen LogP) is 4.80. The SMILES string of the molecule is Cc1nc(NC(=O)CCCOc2ccc3c(c2)CCC(=O)N3)sc1-c1ccccc1. The molecule has 1 aliphatic heterocycles. The second-order valence-electron chi connectivity index (χ2n) is 7.17. The number of hydrogen-bond acceptors (Lipinski definition) is 5. The molecule has 2 heterocycles. The van der Waals surface area contributed by atoms with Crippen molar-refractivity contribution in [2.45, 2.75) is 32.6 Å². The van der Waals surface area contributed by atoms with Gasteiger partial charge in [-0.2, -0.15) is 0 Å². The van der Waals surface area contributed by atoms with Crippen LogP contribution in [-0.4, -0.2) is 23.4 Å². The molecular weight excluding hydrogens is 398 g/mol. The molecule has 7 heteroatoms. The molecule has 0 atom stereocenters. The molecule has 2 N–H and O–H groups in total. The number of ether oxygens (including phenoxy) is 1. The largest absolute Gasteiger partial charge is 0.494 e. The number of anilines is 2. The number of hydrogen-bond donors (Lipinski definition) is 2. The van der Waals surface area contributed by atoms with Crippen molar-refractivity contribution in [2.75, 3.05) is 17.2 Å². The molecule has 30 heavy (non-hydrogen) atoms. The summed E-state index contributed by atoms with van der Waals surface area (Å²) in [5.74, 6) is 0.738. The maximum Gasteiger partial charge on any atom is 0.226 e. The van der Waals surface area contributed by atoms with Gasteiger partial charge in [0.2, 0.25) is 11.8 Å². The summed E-state index contributed by atoms with van der Waals surface area (Å²) in [5.41, 5.74) is 3.95. The van der Waals surface area contributed by atoms with Crippen LogP contribution in [0.1, 0.15) is 30.5 Å². The molecule has 1 aliphatic rings. The Balaban J connectivity index is 1.25. The molecule has 154 valence electrons. The normalized spacial score (nSPS) is 12.8. The highest BCUT2D eigenvalue weighted by Gasteiger charge is 2.15. The summed E-state index contributed by atoms with van der Waals surface area (Å²) in [6, 6.07) is 15.7. The first-order valence-corrected chi connectivity index (χ1v) is 10.8. The summed E-state index contributed by atoms with van der Waals surface area (Å²) in [7, 11) is 0. The summed E-state index contributed by atoms with van der Waals surface area (Å²) in [4.78, 5) is 29.2. The average molecular weight is 422 g/mol. The summed E-state index contributed by atoms with van der Waals surface area (Å²) in [5, 5.41) is 6.36. The highest BCUT2D eigenvalue weighted by atomic mass is 32.1. The maximum absolute atomic E-state index is 12.3. The number of amides is 2. The molecule has 0 saturated heterocycles. The van der Waals surface area contributed by atoms with E-state index in [2.05, 4.69) is 15.6 Å². The highest BCUT2D eigenvalue weighted by molar-refractivity contribution is 7.19. The van der Waals surface area contributed by atoms with Gasteiger partial charge in [-0.3, -0.25) is 9.59 Å². The Bertz CT molecular complexity index is 1060. The molecule has 0 aliphatic carbocycles. The van der Waals surface area contributed by atoms with Crippen LogP contribution >= 0.6 is 11.3 Å². The van der Waals surface area contributed by atoms with Gasteiger partial charge in [-0.25, -0.2) is 4.98 Å². The summed E-state index contributed by atoms with van der Waals surface area (Å²) in [6.07, 6.45) is 2.19. The van der Waals surface area contributed by atoms with E-state index < -0.39 is 0 Å². The minimum atomic E-state index is -0.0693. The minimum absolute atomic E-state index is 0.0495. The number of carbonyl (C=O) groups excluding carboxylic acids is 2. The van der Waals surface area contributed by atoms with Crippen molar-refractivity contribution in [3.63, 3.8) is 0 Å². The number of aromatic nitrogens is 1. The first kappa shape index (κ1) is 20.1. The van der Waals surface area contributed by atoms with Gasteiger partial charge in [-0.05, 0) is 49.1 Å². The van der Waals surface area contributed by atoms with Gasteiger partial charge in [0.15, 0.2) is 5.13 Å². The molecule has 0 unspecified atom stereocenters. The monoisotopic (exact) mass is 421 g/mol. The zero-order chi connectivity index (χ0) is 20.9. The van der Waals surface area contributed by atoms with Crippen LogP contribution in [0, 0.1) is 6.92 Å². The van der Waals surface area contributed by atoms with Crippen LogP contribution in [0.5, 0.6) is 5.75 Å². The molecule has 6 nitrogen and oxygen atoms in total. The molecule has 0 bridgehead atoms. The van der Waals surface area contributed by atoms with E-state index in [4.69, 9.17) is 4.74 Å². The lowest BCUT2D eigenvalue weighted by Gasteiger charge is -2.17. The maximum atomic E-state index is 12.3. The van der Waals surface area contributed by atoms with E-state index in [1.807, 2.05) is 55.5 Å². The average Bonchev–Trinajstić information content (AvgIpc) is 3.11. The Morgan fingerprint density at radius 1 is 1.20 bits per heavy atom. The van der Waals surface area contributed by atoms with E-state index in [1.165, 1.54) is 11.3 Å². The zero-order valence-electron chi connectivity index (χ0n) is 16.7. The summed E-state index contributed by atoms with van der Waals surface area (Å²) < 4.78 is 5.77. The third kappa shape index (κ3) is 4.86. The Morgan fingerprint density at radius 2 is 2.03 bits per heavy atom. The number of benzene rings is 2. The molecule has 1 aromatic heterocycles. The summed E-state index contributed by atoms with van der Waals surface area (Å²) >= 11 is 1.49. The predicted molar refractivity (Wildman–Crippen MR) is 119 cm³/mol. The molecule has 2 amide bonds. The van der Waals surface area contributed by atoms with Crippen LogP contribution in [0.2, 0.25) is 0 Å². The number of nitrogens with one attached hydrogen (secondary N) is 2. The molecule has 3 aromatic rings. The van der Waals surface area contributed by atoms with Crippen LogP contribution < -0.4 is 15.4 Å². The number of rotatable bonds is 7. The van der Waals surface area contributed by atoms with Gasteiger partial charge < -0.3 is 15.4 Å². The molecule has 0 saturated carbocycles. The Hall–Kier alpha value is -3.19. The quantitative estimate of drug-likeness (QED) is 0.537. The number of fused-ring (bicyclic) bond motifs is 1. The number of carbonyl (C=O) groups is 2. The lowest BCUT2D eigenvalue weighted by atomic mass is 10.0. The van der Waals surface area contributed by atoms with Gasteiger partial charge >= 0.3 is 0 Å². The third-order valence-corrected chi connectivity index (χ3v) is 5.99. The van der Waals surface area contributed by atoms with Crippen LogP contribution in [0.25, 0.3) is 10.4 Å². The Kier molecular flexibility index (Phi) is 6.09. The van der Waals surface area contributed by atoms with Crippen molar-refractivity contribution in [1.29, 1.82) is 0 Å². The lowest BCUT2D eigenvalue weighted by Crippen LogP contribution is -2.18. The van der Waals surface area contributed by atoms with Gasteiger partial charge in [0.25, 0.3) is 0 Å². The third-order valence-electron chi connectivity index (χ3n) is 4.87. The van der Waals surface area contributed by atoms with Gasteiger partial charge in [-0.1, -0.05) is 41.7 Å². The molecule has 2 aromatic carbocycles. The first-order chi connectivity index (χ1) is 14.6. The van der Waals surface area contributed by atoms with E-state index in [-0.39, 0.29) is 11.8 Å². The number of nitrogens with zero attached hydrogens (tertiary/aromatic N) is 1. The van der Waals surface area contributed by atoms with Crippen molar-refractivity contribution in [2.24, 2.45) is 0 Å². The van der Waals surface area contributed by atoms with Crippen LogP contribution in [0.3, 0.4) is 0 Å². The van der Waals surface area contributed by atoms with Gasteiger partial charge in [0.1, 0.15) is 5.75 Å². The lowest BCUT2D eigenvalue weighted by molar-refractivity contribution is -0.117. The van der Waals surface area contributed by atoms with E-state index in [0.29, 0.717) is 31.0 Å². The van der Waals surface area contributed by atoms with E-state index in [0.717, 1.165) is 39.6 Å². The summed E-state index contributed by atoms with van der Waals surface area (Å²) in [6.45, 7) is 2.40. The van der Waals surface area contributed by atoms with Crippen molar-refractivity contribution < 1.29 is 14.3 Å². The van der Waals surface area contributed by atoms with Crippen molar-refractivity contribution in [3.8, 4) is 16.2 Å². The van der Waals surface area contributed by atoms with Gasteiger partial charge in [0.05, 0.1) is 17.2 Å². The minimum Gasteiger partial charge on any atom is -0.494 e. The Morgan fingerprint density at radius 3 is 2.87 bits per heavy atom. The number of aryl methyl sites for hydroxylation is 2. The van der Waals surface area contributed by atoms with E-state index in [9.17, 15) is 9.59 Å². The highest BCUT2D eigenvalue weighted by Crippen LogP contribution is 2.32. The topological polar surface area (TPSA) is 80.3 Å². The van der Waals surface area contributed by atoms with Crippen molar-refractivity contribution >= 4 is 34.0 Å². The van der Waals surface area contributed by atoms with E-state index >= 15 is 0 Å². The van der Waals surface area contributed by atoms with Crippen LogP contribution in [0.15, 0.2) is 48.5 Å². The van der Waals surface area contributed by atoms with Crippen molar-refractivity contribution in [1.82, 2.24) is 4.98 Å². The molecule has 0 spiro atoms. The smallest absolute Gasteiger partial charge is 0.226 e. The van der Waals surface area contributed by atoms with Crippen molar-refractivity contribution in [3.05, 3.63) is 59.8 Å². The fourth-order valence-corrected chi connectivity index (χ4v) is 4.35. The standard InChI is InChI=1S/C23H23N3O3S/c1-15-22(16-6-3-2-4-7-16)30-23(24-15)26-20(27)8-5-13-29-18-10-11-19-17(14-18)9-12-21(28)25-19/h2-4,6-7,10-11,14H,5,8-9,12-13H2,1H3,(H,25,28)(H,24,26,27). The zero-order valence-corrected chi connectivity index (χ0v) is 17.6. The Labute approximate surface area is 179 Å². The van der Waals surface area contributed by atoms with Crippen LogP contribution in [0.4, 0.5) is 10.8 Å². The van der Waals surface area contributed by atoms with Gasteiger partial charge in [0, 0.05) is 18.5 Å². The second-order valence-corrected chi connectivity index (χ2v) is 8.17. The number of thiazole rings is 1. The first-order valence-electron chi connectivity index (χ1n) is 9.97. The van der Waals surface area contributed by atoms with Crippen LogP contribution in [-0.2, 0) is 16.0 Å². The second kappa shape index (κ2) is 9.09. The van der Waals surface area contributed by atoms with E-state index in [1.54, 1.807) is 0 Å². The molecule has 0 fully saturated rings. The molecule has 4 rings (SSSR count). The molecule has 0 radical (unpaired) electrons. The fourth-order valence-electron chi connectivity index (χ4n) is 3.36. The molecular formula is C23H23N3O3S.